The molecule has 0 aromatic heterocycles. The number of carbonyl (C=O) groups excluding carboxylic acids is 1. The first-order valence-electron chi connectivity index (χ1n) is 11.9. The highest BCUT2D eigenvalue weighted by molar-refractivity contribution is 7.91. The lowest BCUT2D eigenvalue weighted by Gasteiger charge is -2.29. The van der Waals surface area contributed by atoms with Crippen LogP contribution in [0.2, 0.25) is 0 Å². The summed E-state index contributed by atoms with van der Waals surface area (Å²) in [7, 11) is -3.43. The molecule has 0 aliphatic rings. The molecule has 2 aromatic carbocycles. The number of nitrogens with zero attached hydrogens (tertiary/aromatic N) is 1. The zero-order chi connectivity index (χ0) is 25.8. The van der Waals surface area contributed by atoms with Gasteiger partial charge in [-0.15, -0.1) is 4.36 Å². The maximum Gasteiger partial charge on any atom is 0.259 e. The summed E-state index contributed by atoms with van der Waals surface area (Å²) >= 11 is 0. The van der Waals surface area contributed by atoms with Crippen molar-refractivity contribution < 1.29 is 18.1 Å². The van der Waals surface area contributed by atoms with Crippen molar-refractivity contribution in [3.05, 3.63) is 64.5 Å². The summed E-state index contributed by atoms with van der Waals surface area (Å²) < 4.78 is 37.3. The van der Waals surface area contributed by atoms with Crippen LogP contribution >= 0.6 is 0 Å². The molecule has 7 heteroatoms. The van der Waals surface area contributed by atoms with E-state index in [1.54, 1.807) is 24.3 Å². The zero-order valence-corrected chi connectivity index (χ0v) is 22.5. The molecule has 0 aliphatic heterocycles. The van der Waals surface area contributed by atoms with Gasteiger partial charge in [-0.05, 0) is 85.5 Å². The van der Waals surface area contributed by atoms with Gasteiger partial charge in [-0.1, -0.05) is 46.8 Å². The van der Waals surface area contributed by atoms with Crippen LogP contribution in [-0.2, 0) is 31.5 Å². The van der Waals surface area contributed by atoms with Crippen LogP contribution in [0.15, 0.2) is 45.7 Å². The number of hydrogen-bond acceptors (Lipinski definition) is 3. The Morgan fingerprint density at radius 3 is 2.00 bits per heavy atom. The second-order valence-electron chi connectivity index (χ2n) is 9.97. The molecule has 0 aliphatic carbocycles. The van der Waals surface area contributed by atoms with Gasteiger partial charge in [-0.3, -0.25) is 4.79 Å². The minimum absolute atomic E-state index is 0.0202. The average Bonchev–Trinajstić information content (AvgIpc) is 2.73. The van der Waals surface area contributed by atoms with Crippen LogP contribution in [0.5, 0.6) is 0 Å². The van der Waals surface area contributed by atoms with Crippen LogP contribution in [0.4, 0.5) is 4.39 Å². The highest BCUT2D eigenvalue weighted by Crippen LogP contribution is 2.31. The molecular weight excluding hydrogens is 451 g/mol. The highest BCUT2D eigenvalue weighted by atomic mass is 32.2. The van der Waals surface area contributed by atoms with E-state index in [0.29, 0.717) is 0 Å². The first kappa shape index (κ1) is 28.1. The molecule has 0 spiro atoms. The molecule has 0 saturated carbocycles. The van der Waals surface area contributed by atoms with Gasteiger partial charge in [0.25, 0.3) is 5.91 Å². The molecule has 188 valence electrons. The summed E-state index contributed by atoms with van der Waals surface area (Å²) in [5.74, 6) is -0.880. The van der Waals surface area contributed by atoms with E-state index < -0.39 is 21.4 Å². The minimum Gasteiger partial charge on any atom is -0.368 e. The smallest absolute Gasteiger partial charge is 0.259 e. The normalized spacial score (nSPS) is 14.8. The van der Waals surface area contributed by atoms with Gasteiger partial charge in [0, 0.05) is 0 Å². The molecule has 2 N–H and O–H groups in total. The van der Waals surface area contributed by atoms with E-state index in [0.717, 1.165) is 28.7 Å². The number of benzene rings is 2. The van der Waals surface area contributed by atoms with Crippen LogP contribution in [0.3, 0.4) is 0 Å². The molecule has 2 aromatic rings. The molecule has 0 radical (unpaired) electrons. The maximum atomic E-state index is 14.2. The maximum absolute atomic E-state index is 14.2. The van der Waals surface area contributed by atoms with E-state index in [2.05, 4.69) is 11.3 Å². The van der Waals surface area contributed by atoms with E-state index in [1.165, 1.54) is 12.1 Å². The number of hydrogen-bond donors (Lipinski definition) is 1. The predicted molar refractivity (Wildman–Crippen MR) is 137 cm³/mol. The summed E-state index contributed by atoms with van der Waals surface area (Å²) in [4.78, 5) is 13.2. The second kappa shape index (κ2) is 11.1. The molecule has 1 amide bonds. The summed E-state index contributed by atoms with van der Waals surface area (Å²) in [6.07, 6.45) is 0.909. The first-order valence-corrected chi connectivity index (χ1v) is 13.4. The first-order chi connectivity index (χ1) is 15.7. The zero-order valence-electron chi connectivity index (χ0n) is 21.6. The third kappa shape index (κ3) is 6.96. The van der Waals surface area contributed by atoms with Gasteiger partial charge < -0.3 is 4.74 Å². The predicted octanol–water partition coefficient (Wildman–Crippen LogP) is 6.59. The van der Waals surface area contributed by atoms with Crippen LogP contribution in [0.1, 0.15) is 95.9 Å². The summed E-state index contributed by atoms with van der Waals surface area (Å²) in [6, 6.07) is 9.79. The number of nitrogens with two attached hydrogens (primary N) is 1. The van der Waals surface area contributed by atoms with Gasteiger partial charge in [-0.25, -0.2) is 13.7 Å². The number of rotatable bonds is 9. The average molecular weight is 491 g/mol. The van der Waals surface area contributed by atoms with Crippen molar-refractivity contribution >= 4 is 15.8 Å². The third-order valence-electron chi connectivity index (χ3n) is 6.05. The van der Waals surface area contributed by atoms with Crippen molar-refractivity contribution in [2.24, 2.45) is 9.50 Å². The Morgan fingerprint density at radius 2 is 1.56 bits per heavy atom. The lowest BCUT2D eigenvalue weighted by atomic mass is 9.87. The molecule has 1 unspecified atom stereocenters. The minimum atomic E-state index is -3.43. The standard InChI is InChI=1S/C27H39FN2O3S/c1-9-19(6)33-27(7,8)20-10-12-22(13-11-20)34(29,32)30-26(31)16-25-23(17(2)3)14-21(28)15-24(25)18(4)5/h10-15,17-19H,9,16H2,1-8H3,(H2,29,30,31,32)/t19-,34?/m0/s1. The molecule has 2 rings (SSSR count). The van der Waals surface area contributed by atoms with Crippen LogP contribution < -0.4 is 5.14 Å². The Balaban J connectivity index is 2.36. The van der Waals surface area contributed by atoms with Crippen LogP contribution in [-0.4, -0.2) is 16.2 Å². The summed E-state index contributed by atoms with van der Waals surface area (Å²) in [5, 5.41) is 6.02. The van der Waals surface area contributed by atoms with Gasteiger partial charge in [0.05, 0.1) is 23.0 Å². The monoisotopic (exact) mass is 490 g/mol. The molecular formula is C27H39FN2O3S. The van der Waals surface area contributed by atoms with Crippen molar-refractivity contribution in [2.75, 3.05) is 0 Å². The van der Waals surface area contributed by atoms with Crippen LogP contribution in [0.25, 0.3) is 0 Å². The fraction of sp³-hybridized carbons (Fsp3) is 0.519. The molecule has 34 heavy (non-hydrogen) atoms. The largest absolute Gasteiger partial charge is 0.368 e. The van der Waals surface area contributed by atoms with Gasteiger partial charge in [0.2, 0.25) is 0 Å². The number of carbonyl (C=O) groups is 1. The Hall–Kier alpha value is -2.09. The van der Waals surface area contributed by atoms with E-state index in [1.807, 2.05) is 48.5 Å². The van der Waals surface area contributed by atoms with Crippen molar-refractivity contribution in [3.8, 4) is 0 Å². The molecule has 2 atom stereocenters. The van der Waals surface area contributed by atoms with Gasteiger partial charge in [0.15, 0.2) is 0 Å². The van der Waals surface area contributed by atoms with E-state index in [-0.39, 0.29) is 35.1 Å². The van der Waals surface area contributed by atoms with E-state index in [9.17, 15) is 13.4 Å². The topological polar surface area (TPSA) is 81.8 Å². The lowest BCUT2D eigenvalue weighted by Crippen LogP contribution is -2.26. The Kier molecular flexibility index (Phi) is 9.19. The van der Waals surface area contributed by atoms with E-state index >= 15 is 0 Å². The van der Waals surface area contributed by atoms with Crippen LogP contribution in [0, 0.1) is 5.82 Å². The molecule has 0 bridgehead atoms. The third-order valence-corrected chi connectivity index (χ3v) is 7.47. The summed E-state index contributed by atoms with van der Waals surface area (Å²) in [5.41, 5.74) is 2.62. The van der Waals surface area contributed by atoms with Gasteiger partial charge in [0.1, 0.15) is 15.7 Å². The molecule has 0 heterocycles. The van der Waals surface area contributed by atoms with Crippen molar-refractivity contribution in [2.45, 2.75) is 96.7 Å². The van der Waals surface area contributed by atoms with Crippen molar-refractivity contribution in [1.29, 1.82) is 0 Å². The van der Waals surface area contributed by atoms with Gasteiger partial charge >= 0.3 is 0 Å². The SMILES string of the molecule is CC[C@H](C)OC(C)(C)c1ccc(S(N)(=O)=NC(=O)Cc2c(C(C)C)cc(F)cc2C(C)C)cc1. The number of amides is 1. The molecule has 0 saturated heterocycles. The fourth-order valence-corrected chi connectivity index (χ4v) is 5.01. The number of halogens is 1. The Labute approximate surface area is 204 Å². The van der Waals surface area contributed by atoms with Gasteiger partial charge in [-0.2, -0.15) is 0 Å². The fourth-order valence-electron chi connectivity index (χ4n) is 4.01. The Morgan fingerprint density at radius 1 is 1.06 bits per heavy atom. The van der Waals surface area contributed by atoms with Crippen molar-refractivity contribution in [3.63, 3.8) is 0 Å². The second-order valence-corrected chi connectivity index (χ2v) is 11.8. The van der Waals surface area contributed by atoms with Crippen molar-refractivity contribution in [1.82, 2.24) is 0 Å². The number of ether oxygens (including phenoxy) is 1. The summed E-state index contributed by atoms with van der Waals surface area (Å²) in [6.45, 7) is 15.8. The highest BCUT2D eigenvalue weighted by Gasteiger charge is 2.24. The Bertz CT molecular complexity index is 1100. The lowest BCUT2D eigenvalue weighted by molar-refractivity contribution is -0.117. The quantitative estimate of drug-likeness (QED) is 0.430. The molecule has 0 fully saturated rings. The van der Waals surface area contributed by atoms with E-state index in [4.69, 9.17) is 9.88 Å². The molecule has 5 nitrogen and oxygen atoms in total.